The molecule has 13 heavy (non-hydrogen) atoms. The highest BCUT2D eigenvalue weighted by molar-refractivity contribution is 9.10. The van der Waals surface area contributed by atoms with E-state index in [4.69, 9.17) is 5.73 Å². The summed E-state index contributed by atoms with van der Waals surface area (Å²) in [5.74, 6) is 0.646. The molecule has 4 nitrogen and oxygen atoms in total. The fourth-order valence-electron chi connectivity index (χ4n) is 1.03. The van der Waals surface area contributed by atoms with E-state index < -0.39 is 0 Å². The van der Waals surface area contributed by atoms with Crippen molar-refractivity contribution in [3.05, 3.63) is 35.2 Å². The third-order valence-electron chi connectivity index (χ3n) is 1.58. The summed E-state index contributed by atoms with van der Waals surface area (Å²) in [5.41, 5.74) is 6.35. The van der Waals surface area contributed by atoms with Crippen LogP contribution in [0.1, 0.15) is 0 Å². The zero-order valence-electron chi connectivity index (χ0n) is 6.68. The Balaban J connectivity index is 2.53. The van der Waals surface area contributed by atoms with Crippen molar-refractivity contribution in [1.82, 2.24) is 14.8 Å². The average molecular weight is 239 g/mol. The van der Waals surface area contributed by atoms with Crippen LogP contribution >= 0.6 is 15.9 Å². The molecule has 0 aliphatic heterocycles. The minimum atomic E-state index is 0.595. The molecule has 0 saturated carbocycles. The van der Waals surface area contributed by atoms with Crippen molar-refractivity contribution < 1.29 is 0 Å². The zero-order chi connectivity index (χ0) is 9.26. The first-order valence-electron chi connectivity index (χ1n) is 3.68. The summed E-state index contributed by atoms with van der Waals surface area (Å²) in [7, 11) is 0. The molecule has 0 amide bonds. The predicted octanol–water partition coefficient (Wildman–Crippen LogP) is 1.61. The maximum Gasteiger partial charge on any atom is 0.176 e. The largest absolute Gasteiger partial charge is 0.396 e. The number of halogens is 1. The molecule has 0 saturated heterocycles. The van der Waals surface area contributed by atoms with E-state index in [1.165, 1.54) is 0 Å². The van der Waals surface area contributed by atoms with Crippen LogP contribution in [-0.4, -0.2) is 14.8 Å². The zero-order valence-corrected chi connectivity index (χ0v) is 8.27. The molecule has 66 valence electrons. The normalized spacial score (nSPS) is 10.2. The van der Waals surface area contributed by atoms with E-state index >= 15 is 0 Å². The lowest BCUT2D eigenvalue weighted by Crippen LogP contribution is -2.02. The molecular formula is C8H7BrN4. The van der Waals surface area contributed by atoms with Crippen molar-refractivity contribution in [2.24, 2.45) is 0 Å². The third kappa shape index (κ3) is 1.55. The van der Waals surface area contributed by atoms with Gasteiger partial charge in [-0.3, -0.25) is 0 Å². The van der Waals surface area contributed by atoms with E-state index in [-0.39, 0.29) is 0 Å². The van der Waals surface area contributed by atoms with Gasteiger partial charge in [-0.15, -0.1) is 0 Å². The molecule has 0 bridgehead atoms. The van der Waals surface area contributed by atoms with Crippen LogP contribution in [0.25, 0.3) is 5.82 Å². The highest BCUT2D eigenvalue weighted by atomic mass is 79.9. The van der Waals surface area contributed by atoms with Gasteiger partial charge in [-0.05, 0) is 28.1 Å². The summed E-state index contributed by atoms with van der Waals surface area (Å²) in [4.78, 5) is 4.15. The second kappa shape index (κ2) is 3.18. The number of hydrogen-bond acceptors (Lipinski definition) is 3. The molecule has 0 aliphatic carbocycles. The highest BCUT2D eigenvalue weighted by Gasteiger charge is 2.02. The summed E-state index contributed by atoms with van der Waals surface area (Å²) in [5, 5.41) is 4.04. The van der Waals surface area contributed by atoms with Gasteiger partial charge in [0.25, 0.3) is 0 Å². The van der Waals surface area contributed by atoms with Crippen molar-refractivity contribution in [2.75, 3.05) is 5.73 Å². The Labute approximate surface area is 83.5 Å². The fourth-order valence-corrected chi connectivity index (χ4v) is 1.38. The Hall–Kier alpha value is -1.36. The van der Waals surface area contributed by atoms with Gasteiger partial charge in [0.15, 0.2) is 5.82 Å². The summed E-state index contributed by atoms with van der Waals surface area (Å²) >= 11 is 3.29. The molecule has 5 heteroatoms. The van der Waals surface area contributed by atoms with E-state index in [0.29, 0.717) is 11.5 Å². The van der Waals surface area contributed by atoms with Crippen molar-refractivity contribution in [3.8, 4) is 5.82 Å². The molecule has 2 rings (SSSR count). The van der Waals surface area contributed by atoms with E-state index in [9.17, 15) is 0 Å². The number of hydrogen-bond donors (Lipinski definition) is 1. The number of pyridine rings is 1. The quantitative estimate of drug-likeness (QED) is 0.822. The van der Waals surface area contributed by atoms with Crippen LogP contribution < -0.4 is 5.73 Å². The Bertz CT molecular complexity index is 410. The molecule has 0 aromatic carbocycles. The molecular weight excluding hydrogens is 232 g/mol. The van der Waals surface area contributed by atoms with Crippen LogP contribution in [0.5, 0.6) is 0 Å². The average Bonchev–Trinajstić information content (AvgIpc) is 2.56. The van der Waals surface area contributed by atoms with Gasteiger partial charge in [-0.25, -0.2) is 9.67 Å². The number of aromatic nitrogens is 3. The minimum Gasteiger partial charge on any atom is -0.396 e. The molecule has 0 fully saturated rings. The minimum absolute atomic E-state index is 0.595. The molecule has 0 atom stereocenters. The Morgan fingerprint density at radius 2 is 2.31 bits per heavy atom. The molecule has 2 heterocycles. The topological polar surface area (TPSA) is 56.7 Å². The second-order valence-corrected chi connectivity index (χ2v) is 3.43. The lowest BCUT2D eigenvalue weighted by molar-refractivity contribution is 0.849. The van der Waals surface area contributed by atoms with Crippen LogP contribution in [0.4, 0.5) is 5.69 Å². The van der Waals surface area contributed by atoms with Crippen molar-refractivity contribution in [3.63, 3.8) is 0 Å². The highest BCUT2D eigenvalue weighted by Crippen LogP contribution is 2.17. The molecule has 0 spiro atoms. The number of nitrogens with zero attached hydrogens (tertiary/aromatic N) is 3. The van der Waals surface area contributed by atoms with Gasteiger partial charge >= 0.3 is 0 Å². The fraction of sp³-hybridized carbons (Fsp3) is 0. The van der Waals surface area contributed by atoms with Gasteiger partial charge in [-0.1, -0.05) is 0 Å². The summed E-state index contributed by atoms with van der Waals surface area (Å²) in [6, 6.07) is 3.62. The molecule has 0 unspecified atom stereocenters. The maximum atomic E-state index is 5.76. The Morgan fingerprint density at radius 1 is 1.46 bits per heavy atom. The molecule has 0 radical (unpaired) electrons. The standard InChI is InChI=1S/C8H7BrN4/c9-6-4-7(10)8(11-5-6)13-3-1-2-12-13/h1-5H,10H2. The summed E-state index contributed by atoms with van der Waals surface area (Å²) in [6.07, 6.45) is 5.17. The van der Waals surface area contributed by atoms with Crippen LogP contribution in [0.3, 0.4) is 0 Å². The van der Waals surface area contributed by atoms with Crippen molar-refractivity contribution in [2.45, 2.75) is 0 Å². The maximum absolute atomic E-state index is 5.76. The molecule has 2 aromatic rings. The summed E-state index contributed by atoms with van der Waals surface area (Å²) < 4.78 is 2.49. The number of anilines is 1. The first kappa shape index (κ1) is 8.25. The first-order chi connectivity index (χ1) is 6.27. The van der Waals surface area contributed by atoms with Gasteiger partial charge < -0.3 is 5.73 Å². The van der Waals surface area contributed by atoms with E-state index in [2.05, 4.69) is 26.0 Å². The molecule has 2 aromatic heterocycles. The predicted molar refractivity (Wildman–Crippen MR) is 53.5 cm³/mol. The van der Waals surface area contributed by atoms with Crippen molar-refractivity contribution in [1.29, 1.82) is 0 Å². The molecule has 2 N–H and O–H groups in total. The monoisotopic (exact) mass is 238 g/mol. The first-order valence-corrected chi connectivity index (χ1v) is 4.48. The number of rotatable bonds is 1. The van der Waals surface area contributed by atoms with Gasteiger partial charge in [0.2, 0.25) is 0 Å². The lowest BCUT2D eigenvalue weighted by atomic mass is 10.4. The van der Waals surface area contributed by atoms with E-state index in [1.807, 2.05) is 6.07 Å². The van der Waals surface area contributed by atoms with E-state index in [0.717, 1.165) is 4.47 Å². The van der Waals surface area contributed by atoms with Crippen LogP contribution in [0, 0.1) is 0 Å². The lowest BCUT2D eigenvalue weighted by Gasteiger charge is -2.03. The van der Waals surface area contributed by atoms with E-state index in [1.54, 1.807) is 29.3 Å². The van der Waals surface area contributed by atoms with Crippen LogP contribution in [0.2, 0.25) is 0 Å². The Kier molecular flexibility index (Phi) is 2.02. The van der Waals surface area contributed by atoms with Crippen LogP contribution in [-0.2, 0) is 0 Å². The summed E-state index contributed by atoms with van der Waals surface area (Å²) in [6.45, 7) is 0. The van der Waals surface area contributed by atoms with Crippen LogP contribution in [0.15, 0.2) is 35.2 Å². The van der Waals surface area contributed by atoms with Gasteiger partial charge in [0, 0.05) is 23.1 Å². The van der Waals surface area contributed by atoms with Gasteiger partial charge in [0.1, 0.15) is 0 Å². The van der Waals surface area contributed by atoms with Gasteiger partial charge in [-0.2, -0.15) is 5.10 Å². The smallest absolute Gasteiger partial charge is 0.176 e. The molecule has 0 aliphatic rings. The van der Waals surface area contributed by atoms with Gasteiger partial charge in [0.05, 0.1) is 5.69 Å². The Morgan fingerprint density at radius 3 is 2.92 bits per heavy atom. The second-order valence-electron chi connectivity index (χ2n) is 2.52. The third-order valence-corrected chi connectivity index (χ3v) is 2.02. The van der Waals surface area contributed by atoms with Crippen molar-refractivity contribution >= 4 is 21.6 Å². The SMILES string of the molecule is Nc1cc(Br)cnc1-n1cccn1. The number of nitrogen functional groups attached to an aromatic ring is 1. The number of nitrogens with two attached hydrogens (primary N) is 1.